The van der Waals surface area contributed by atoms with E-state index in [4.69, 9.17) is 10.2 Å². The fraction of sp³-hybridized carbons (Fsp3) is 0.254. The van der Waals surface area contributed by atoms with Crippen molar-refractivity contribution in [2.45, 2.75) is 99.8 Å². The summed E-state index contributed by atoms with van der Waals surface area (Å²) in [5.74, 6) is 0.440. The zero-order valence-corrected chi connectivity index (χ0v) is 47.9. The number of carbonyl (C=O) groups excluding carboxylic acids is 2. The second kappa shape index (κ2) is 26.1. The van der Waals surface area contributed by atoms with Gasteiger partial charge in [-0.1, -0.05) is 97.9 Å². The van der Waals surface area contributed by atoms with Gasteiger partial charge in [0.1, 0.15) is 0 Å². The number of pyridine rings is 2. The number of aliphatic hydroxyl groups excluding tert-OH is 2. The zero-order valence-electron chi connectivity index (χ0n) is 41.4. The Balaban J connectivity index is 0.000000283. The molecule has 10 heteroatoms. The average molecular weight is 1310 g/mol. The number of hydrogen-bond acceptors (Lipinski definition) is 8. The van der Waals surface area contributed by atoms with Crippen LogP contribution in [0.1, 0.15) is 106 Å². The Bertz CT molecular complexity index is 2930. The van der Waals surface area contributed by atoms with E-state index in [1.54, 1.807) is 0 Å². The molecule has 4 aromatic carbocycles. The van der Waals surface area contributed by atoms with Crippen LogP contribution in [-0.4, -0.2) is 31.7 Å². The first-order chi connectivity index (χ1) is 31.6. The second-order valence-electron chi connectivity index (χ2n) is 18.9. The number of aliphatic hydroxyl groups is 2. The number of thiophene rings is 2. The van der Waals surface area contributed by atoms with Crippen LogP contribution in [0.15, 0.2) is 151 Å². The van der Waals surface area contributed by atoms with E-state index in [-0.39, 0.29) is 74.1 Å². The Morgan fingerprint density at radius 2 is 0.971 bits per heavy atom. The van der Waals surface area contributed by atoms with Crippen LogP contribution < -0.4 is 0 Å². The van der Waals surface area contributed by atoms with Crippen molar-refractivity contribution in [3.8, 4) is 43.4 Å². The van der Waals surface area contributed by atoms with Crippen molar-refractivity contribution in [3.05, 3.63) is 180 Å². The molecule has 0 aliphatic heterocycles. The maximum atomic E-state index is 10.0. The number of ketones is 2. The molecule has 2 N–H and O–H groups in total. The largest absolute Gasteiger partial charge is 0.512 e. The summed E-state index contributed by atoms with van der Waals surface area (Å²) in [6.45, 7) is 23.9. The Hall–Kier alpha value is -5.18. The van der Waals surface area contributed by atoms with E-state index in [1.807, 2.05) is 77.5 Å². The van der Waals surface area contributed by atoms with Gasteiger partial charge in [0.25, 0.3) is 0 Å². The number of rotatable bonds is 7. The molecule has 0 bridgehead atoms. The molecule has 69 heavy (non-hydrogen) atoms. The topological polar surface area (TPSA) is 100 Å². The van der Waals surface area contributed by atoms with Gasteiger partial charge in [-0.25, -0.2) is 0 Å². The molecule has 364 valence electrons. The number of carbonyl (C=O) groups is 2. The number of benzene rings is 4. The number of fused-ring (bicyclic) bond motifs is 2. The van der Waals surface area contributed by atoms with Gasteiger partial charge in [-0.05, 0) is 108 Å². The summed E-state index contributed by atoms with van der Waals surface area (Å²) in [5.41, 5.74) is 11.0. The summed E-state index contributed by atoms with van der Waals surface area (Å²) in [5, 5.41) is 19.1. The molecule has 0 aliphatic carbocycles. The predicted octanol–water partition coefficient (Wildman–Crippen LogP) is 16.6. The van der Waals surface area contributed by atoms with E-state index in [2.05, 4.69) is 150 Å². The Kier molecular flexibility index (Phi) is 22.0. The molecule has 0 aliphatic rings. The van der Waals surface area contributed by atoms with Crippen LogP contribution in [0.3, 0.4) is 0 Å². The third kappa shape index (κ3) is 17.6. The molecule has 8 aromatic rings. The van der Waals surface area contributed by atoms with Crippen LogP contribution in [0.4, 0.5) is 0 Å². The standard InChI is InChI=1S/C27H28NS.C22H18NS.2C5H8O2.2Ir/c1-26(2,3)21-12-19(13-22(15-21)27(4,5)6)24-14-20-17-28-23(16-25(20)29-24)18-10-8-7-9-11-18;1-15(2)16-8-10-18(11-9-16)21-12-19-14-23-20(13-22(19)24-21)17-6-4-3-5-7-17;2*1-4(6)3-5(2)7;;/h7-10,12-17H,1-6H3;3-6,8-15H,1-2H3;2*3,6H,1-2H3;;/q2*-1;;;;. The van der Waals surface area contributed by atoms with Crippen LogP contribution in [0.5, 0.6) is 0 Å². The first kappa shape index (κ1) is 58.1. The van der Waals surface area contributed by atoms with Crippen molar-refractivity contribution < 1.29 is 60.0 Å². The summed E-state index contributed by atoms with van der Waals surface area (Å²) < 4.78 is 2.53. The third-order valence-electron chi connectivity index (χ3n) is 10.4. The molecule has 8 rings (SSSR count). The van der Waals surface area contributed by atoms with Gasteiger partial charge in [0, 0.05) is 94.7 Å². The zero-order chi connectivity index (χ0) is 49.1. The van der Waals surface area contributed by atoms with Gasteiger partial charge in [-0.3, -0.25) is 9.59 Å². The van der Waals surface area contributed by atoms with Gasteiger partial charge >= 0.3 is 0 Å². The van der Waals surface area contributed by atoms with E-state index in [0.29, 0.717) is 5.92 Å². The van der Waals surface area contributed by atoms with Crippen LogP contribution in [0.25, 0.3) is 63.6 Å². The molecule has 0 fully saturated rings. The average Bonchev–Trinajstić information content (AvgIpc) is 3.90. The van der Waals surface area contributed by atoms with E-state index < -0.39 is 0 Å². The van der Waals surface area contributed by atoms with Crippen molar-refractivity contribution in [2.24, 2.45) is 0 Å². The first-order valence-corrected chi connectivity index (χ1v) is 24.0. The SMILES string of the molecule is CC(=O)C=C(C)O.CC(=O)C=C(C)O.CC(C)(C)c1cc(-c2cc3cnc(-c4[c-]cccc4)cc3s2)cc(C(C)(C)C)c1.CC(C)c1ccc(-c2cc3cnc(-c4[c-]cccc4)cc3s2)cc1.[Ir].[Ir]. The quantitative estimate of drug-likeness (QED) is 0.0937. The summed E-state index contributed by atoms with van der Waals surface area (Å²) in [7, 11) is 0. The summed E-state index contributed by atoms with van der Waals surface area (Å²) in [6.07, 6.45) is 6.29. The smallest absolute Gasteiger partial charge is 0.155 e. The molecule has 0 saturated carbocycles. The van der Waals surface area contributed by atoms with E-state index in [1.165, 1.54) is 97.6 Å². The van der Waals surface area contributed by atoms with E-state index >= 15 is 0 Å². The maximum Gasteiger partial charge on any atom is 0.155 e. The van der Waals surface area contributed by atoms with Crippen LogP contribution in [0, 0.1) is 12.1 Å². The minimum Gasteiger partial charge on any atom is -0.512 e. The van der Waals surface area contributed by atoms with Gasteiger partial charge < -0.3 is 20.2 Å². The molecule has 4 heterocycles. The first-order valence-electron chi connectivity index (χ1n) is 22.3. The van der Waals surface area contributed by atoms with Gasteiger partial charge in [0.05, 0.1) is 11.5 Å². The number of hydrogen-bond donors (Lipinski definition) is 2. The third-order valence-corrected chi connectivity index (χ3v) is 12.7. The van der Waals surface area contributed by atoms with E-state index in [0.717, 1.165) is 22.5 Å². The minimum absolute atomic E-state index is 0. The number of nitrogens with zero attached hydrogens (tertiary/aromatic N) is 2. The number of allylic oxidation sites excluding steroid dienone is 4. The molecule has 0 spiro atoms. The molecular weight excluding hydrogens is 1250 g/mol. The maximum absolute atomic E-state index is 10.0. The van der Waals surface area contributed by atoms with Gasteiger partial charge in [0.15, 0.2) is 11.6 Å². The molecule has 2 radical (unpaired) electrons. The molecule has 6 nitrogen and oxygen atoms in total. The Morgan fingerprint density at radius 3 is 1.29 bits per heavy atom. The normalized spacial score (nSPS) is 11.5. The minimum atomic E-state index is -0.125. The monoisotopic (exact) mass is 1310 g/mol. The molecule has 0 unspecified atom stereocenters. The molecule has 4 aromatic heterocycles. The molecular formula is C59H62Ir2N2O4S2-2. The van der Waals surface area contributed by atoms with Crippen molar-refractivity contribution >= 4 is 54.4 Å². The fourth-order valence-electron chi connectivity index (χ4n) is 6.81. The van der Waals surface area contributed by atoms with Crippen molar-refractivity contribution in [1.29, 1.82) is 0 Å². The summed E-state index contributed by atoms with van der Waals surface area (Å²) in [6, 6.07) is 47.4. The summed E-state index contributed by atoms with van der Waals surface area (Å²) >= 11 is 3.66. The van der Waals surface area contributed by atoms with Crippen LogP contribution in [0.2, 0.25) is 0 Å². The van der Waals surface area contributed by atoms with E-state index in [9.17, 15) is 9.59 Å². The van der Waals surface area contributed by atoms with Gasteiger partial charge in [-0.15, -0.1) is 94.5 Å². The van der Waals surface area contributed by atoms with Crippen molar-refractivity contribution in [2.75, 3.05) is 0 Å². The Morgan fingerprint density at radius 1 is 0.565 bits per heavy atom. The summed E-state index contributed by atoms with van der Waals surface area (Å²) in [4.78, 5) is 31.9. The van der Waals surface area contributed by atoms with Crippen LogP contribution >= 0.6 is 22.7 Å². The molecule has 0 amide bonds. The van der Waals surface area contributed by atoms with Gasteiger partial charge in [0.2, 0.25) is 0 Å². The molecule has 0 atom stereocenters. The van der Waals surface area contributed by atoms with Crippen molar-refractivity contribution in [1.82, 2.24) is 9.97 Å². The predicted molar refractivity (Wildman–Crippen MR) is 284 cm³/mol. The number of aromatic nitrogens is 2. The Labute approximate surface area is 444 Å². The molecule has 0 saturated heterocycles. The van der Waals surface area contributed by atoms with Gasteiger partial charge in [-0.2, -0.15) is 0 Å². The van der Waals surface area contributed by atoms with Crippen molar-refractivity contribution in [3.63, 3.8) is 0 Å². The fourth-order valence-corrected chi connectivity index (χ4v) is 8.94. The second-order valence-corrected chi connectivity index (χ2v) is 21.0. The van der Waals surface area contributed by atoms with Crippen LogP contribution in [-0.2, 0) is 60.6 Å².